The fourth-order valence-electron chi connectivity index (χ4n) is 0.984. The van der Waals surface area contributed by atoms with Crippen LogP contribution in [-0.4, -0.2) is 25.5 Å². The highest BCUT2D eigenvalue weighted by atomic mass is 16.3. The summed E-state index contributed by atoms with van der Waals surface area (Å²) in [6, 6.07) is 10.2. The van der Waals surface area contributed by atoms with E-state index in [1.807, 2.05) is 0 Å². The van der Waals surface area contributed by atoms with Gasteiger partial charge in [0.15, 0.2) is 28.7 Å². The van der Waals surface area contributed by atoms with Gasteiger partial charge >= 0.3 is 0 Å². The molecule has 5 heteroatoms. The molecule has 0 amide bonds. The van der Waals surface area contributed by atoms with Crippen LogP contribution in [0.4, 0.5) is 0 Å². The van der Waals surface area contributed by atoms with Gasteiger partial charge in [0.2, 0.25) is 0 Å². The first kappa shape index (κ1) is 12.5. The molecule has 17 heavy (non-hydrogen) atoms. The summed E-state index contributed by atoms with van der Waals surface area (Å²) in [5.41, 5.74) is 0. The Morgan fingerprint density at radius 1 is 0.471 bits per heavy atom. The van der Waals surface area contributed by atoms with Gasteiger partial charge in [-0.2, -0.15) is 0 Å². The van der Waals surface area contributed by atoms with Gasteiger partial charge in [0.1, 0.15) is 0 Å². The third-order valence-electron chi connectivity index (χ3n) is 1.88. The Kier molecular flexibility index (Phi) is 4.05. The number of rotatable bonds is 0. The minimum atomic E-state index is -0.475. The Morgan fingerprint density at radius 2 is 0.824 bits per heavy atom. The van der Waals surface area contributed by atoms with Gasteiger partial charge in [-0.15, -0.1) is 0 Å². The van der Waals surface area contributed by atoms with Gasteiger partial charge < -0.3 is 25.5 Å². The van der Waals surface area contributed by atoms with E-state index in [1.54, 1.807) is 12.1 Å². The maximum Gasteiger partial charge on any atom is 0.200 e. The van der Waals surface area contributed by atoms with Crippen molar-refractivity contribution in [2.75, 3.05) is 0 Å². The van der Waals surface area contributed by atoms with E-state index in [-0.39, 0.29) is 23.0 Å². The first-order chi connectivity index (χ1) is 8.02. The lowest BCUT2D eigenvalue weighted by atomic mass is 10.3. The maximum atomic E-state index is 8.71. The summed E-state index contributed by atoms with van der Waals surface area (Å²) >= 11 is 0. The number of benzene rings is 2. The monoisotopic (exact) mass is 236 g/mol. The Hall–Kier alpha value is -2.56. The minimum Gasteiger partial charge on any atom is -0.504 e. The zero-order valence-electron chi connectivity index (χ0n) is 8.78. The van der Waals surface area contributed by atoms with Crippen LogP contribution < -0.4 is 0 Å². The molecule has 0 aliphatic heterocycles. The maximum absolute atomic E-state index is 8.71. The molecule has 0 spiro atoms. The topological polar surface area (TPSA) is 101 Å². The van der Waals surface area contributed by atoms with E-state index in [0.717, 1.165) is 0 Å². The molecule has 0 atom stereocenters. The molecule has 90 valence electrons. The number of phenols is 5. The molecule has 2 aromatic rings. The third kappa shape index (κ3) is 3.49. The van der Waals surface area contributed by atoms with E-state index in [9.17, 15) is 0 Å². The molecule has 2 rings (SSSR count). The van der Waals surface area contributed by atoms with Crippen LogP contribution in [0.3, 0.4) is 0 Å². The van der Waals surface area contributed by atoms with Gasteiger partial charge in [-0.25, -0.2) is 0 Å². The van der Waals surface area contributed by atoms with Gasteiger partial charge in [-0.3, -0.25) is 0 Å². The number of hydrogen-bond acceptors (Lipinski definition) is 5. The highest BCUT2D eigenvalue weighted by Gasteiger charge is 2.00. The molecular formula is C12H12O5. The van der Waals surface area contributed by atoms with Crippen LogP contribution in [0.15, 0.2) is 42.5 Å². The van der Waals surface area contributed by atoms with Crippen LogP contribution in [0, 0.1) is 0 Å². The lowest BCUT2D eigenvalue weighted by molar-refractivity contribution is 0.368. The van der Waals surface area contributed by atoms with Crippen molar-refractivity contribution in [3.05, 3.63) is 42.5 Å². The van der Waals surface area contributed by atoms with Crippen LogP contribution in [0.2, 0.25) is 0 Å². The zero-order chi connectivity index (χ0) is 12.8. The summed E-state index contributed by atoms with van der Waals surface area (Å²) in [4.78, 5) is 0. The zero-order valence-corrected chi connectivity index (χ0v) is 8.78. The number of phenolic OH excluding ortho intramolecular Hbond substituents is 5. The summed E-state index contributed by atoms with van der Waals surface area (Å²) in [6.45, 7) is 0. The Bertz CT molecular complexity index is 455. The number of para-hydroxylation sites is 3. The predicted octanol–water partition coefficient (Wildman–Crippen LogP) is 1.90. The predicted molar refractivity (Wildman–Crippen MR) is 61.2 cm³/mol. The summed E-state index contributed by atoms with van der Waals surface area (Å²) < 4.78 is 0. The Labute approximate surface area is 97.5 Å². The molecule has 5 N–H and O–H groups in total. The fourth-order valence-corrected chi connectivity index (χ4v) is 0.984. The van der Waals surface area contributed by atoms with E-state index in [1.165, 1.54) is 30.3 Å². The van der Waals surface area contributed by atoms with Crippen LogP contribution in [0.25, 0.3) is 0 Å². The average molecular weight is 236 g/mol. The standard InChI is InChI=1S/C6H6O3.C6H6O2/c7-4-2-1-3-5(8)6(4)9;7-5-3-1-2-4-6(5)8/h1-3,7-9H;1-4,7-8H. The van der Waals surface area contributed by atoms with Crippen molar-refractivity contribution in [1.82, 2.24) is 0 Å². The third-order valence-corrected chi connectivity index (χ3v) is 1.88. The van der Waals surface area contributed by atoms with Crippen LogP contribution in [0.5, 0.6) is 28.7 Å². The molecule has 0 heterocycles. The second kappa shape index (κ2) is 5.50. The number of aromatic hydroxyl groups is 5. The molecule has 0 bridgehead atoms. The summed E-state index contributed by atoms with van der Waals surface area (Å²) in [5, 5.41) is 43.4. The van der Waals surface area contributed by atoms with E-state index in [4.69, 9.17) is 25.5 Å². The van der Waals surface area contributed by atoms with Crippen LogP contribution >= 0.6 is 0 Å². The van der Waals surface area contributed by atoms with Crippen molar-refractivity contribution in [3.8, 4) is 28.7 Å². The van der Waals surface area contributed by atoms with Crippen molar-refractivity contribution in [2.45, 2.75) is 0 Å². The molecule has 0 saturated carbocycles. The van der Waals surface area contributed by atoms with E-state index in [2.05, 4.69) is 0 Å². The van der Waals surface area contributed by atoms with Crippen molar-refractivity contribution >= 4 is 0 Å². The lowest BCUT2D eigenvalue weighted by Crippen LogP contribution is -1.67. The average Bonchev–Trinajstić information content (AvgIpc) is 2.31. The first-order valence-corrected chi connectivity index (χ1v) is 4.69. The van der Waals surface area contributed by atoms with E-state index >= 15 is 0 Å². The molecule has 0 unspecified atom stereocenters. The van der Waals surface area contributed by atoms with Crippen molar-refractivity contribution in [3.63, 3.8) is 0 Å². The molecule has 0 aliphatic rings. The van der Waals surface area contributed by atoms with E-state index in [0.29, 0.717) is 0 Å². The van der Waals surface area contributed by atoms with Gasteiger partial charge in [0, 0.05) is 0 Å². The van der Waals surface area contributed by atoms with Crippen molar-refractivity contribution in [1.29, 1.82) is 0 Å². The second-order valence-corrected chi connectivity index (χ2v) is 3.13. The minimum absolute atomic E-state index is 0.0764. The largest absolute Gasteiger partial charge is 0.504 e. The molecule has 2 aromatic carbocycles. The molecule has 0 fully saturated rings. The van der Waals surface area contributed by atoms with Gasteiger partial charge in [0.25, 0.3) is 0 Å². The molecule has 0 saturated heterocycles. The normalized spacial score (nSPS) is 9.18. The molecular weight excluding hydrogens is 224 g/mol. The Balaban J connectivity index is 0.000000171. The quantitative estimate of drug-likeness (QED) is 0.450. The number of hydrogen-bond donors (Lipinski definition) is 5. The van der Waals surface area contributed by atoms with Crippen molar-refractivity contribution < 1.29 is 25.5 Å². The molecule has 0 aromatic heterocycles. The molecule has 5 nitrogen and oxygen atoms in total. The SMILES string of the molecule is Oc1cccc(O)c1O.Oc1ccccc1O. The van der Waals surface area contributed by atoms with E-state index < -0.39 is 5.75 Å². The second-order valence-electron chi connectivity index (χ2n) is 3.13. The van der Waals surface area contributed by atoms with Gasteiger partial charge in [-0.05, 0) is 24.3 Å². The molecule has 0 radical (unpaired) electrons. The smallest absolute Gasteiger partial charge is 0.200 e. The first-order valence-electron chi connectivity index (χ1n) is 4.69. The summed E-state index contributed by atoms with van der Waals surface area (Å²) in [6.07, 6.45) is 0. The fraction of sp³-hybridized carbons (Fsp3) is 0. The lowest BCUT2D eigenvalue weighted by Gasteiger charge is -1.96. The Morgan fingerprint density at radius 3 is 1.12 bits per heavy atom. The van der Waals surface area contributed by atoms with Gasteiger partial charge in [0.05, 0.1) is 0 Å². The van der Waals surface area contributed by atoms with Gasteiger partial charge in [-0.1, -0.05) is 18.2 Å². The van der Waals surface area contributed by atoms with Crippen LogP contribution in [-0.2, 0) is 0 Å². The highest BCUT2D eigenvalue weighted by molar-refractivity contribution is 5.47. The molecule has 0 aliphatic carbocycles. The van der Waals surface area contributed by atoms with Crippen molar-refractivity contribution in [2.24, 2.45) is 0 Å². The van der Waals surface area contributed by atoms with Crippen LogP contribution in [0.1, 0.15) is 0 Å². The highest BCUT2D eigenvalue weighted by Crippen LogP contribution is 2.32. The summed E-state index contributed by atoms with van der Waals surface area (Å²) in [7, 11) is 0. The summed E-state index contributed by atoms with van der Waals surface area (Å²) in [5.74, 6) is -1.25.